The molecule has 5 rings (SSSR count). The van der Waals surface area contributed by atoms with E-state index in [2.05, 4.69) is 20.6 Å². The molecule has 0 radical (unpaired) electrons. The molecule has 3 aromatic rings. The highest BCUT2D eigenvalue weighted by molar-refractivity contribution is 6.05. The number of rotatable bonds is 5. The van der Waals surface area contributed by atoms with E-state index < -0.39 is 40.7 Å². The Morgan fingerprint density at radius 1 is 1.03 bits per heavy atom. The fraction of sp³-hybridized carbons (Fsp3) is 0.308. The van der Waals surface area contributed by atoms with Gasteiger partial charge in [-0.25, -0.2) is 22.9 Å². The Morgan fingerprint density at radius 2 is 1.81 bits per heavy atom. The lowest BCUT2D eigenvalue weighted by Crippen LogP contribution is -2.48. The number of halogens is 3. The van der Waals surface area contributed by atoms with Crippen LogP contribution in [0, 0.1) is 17.5 Å². The number of carbonyl (C=O) groups excluding carboxylic acids is 1. The molecule has 3 N–H and O–H groups in total. The molecule has 1 atom stereocenters. The summed E-state index contributed by atoms with van der Waals surface area (Å²) in [6, 6.07) is 4.94. The molecule has 0 unspecified atom stereocenters. The average Bonchev–Trinajstić information content (AvgIpc) is 3.33. The number of anilines is 2. The zero-order valence-electron chi connectivity index (χ0n) is 19.7. The molecule has 3 heterocycles. The van der Waals surface area contributed by atoms with E-state index >= 15 is 0 Å². The average molecular weight is 512 g/mol. The number of amides is 2. The molecule has 1 fully saturated rings. The van der Waals surface area contributed by atoms with Gasteiger partial charge in [-0.3, -0.25) is 9.78 Å². The number of benzene rings is 1. The van der Waals surface area contributed by atoms with Gasteiger partial charge >= 0.3 is 6.09 Å². The van der Waals surface area contributed by atoms with Crippen LogP contribution >= 0.6 is 0 Å². The van der Waals surface area contributed by atoms with Crippen LogP contribution in [0.2, 0.25) is 0 Å². The third-order valence-electron chi connectivity index (χ3n) is 6.67. The molecule has 1 saturated heterocycles. The van der Waals surface area contributed by atoms with Gasteiger partial charge in [0, 0.05) is 24.8 Å². The lowest BCUT2D eigenvalue weighted by atomic mass is 10.0. The Kier molecular flexibility index (Phi) is 6.68. The number of hydrogen-bond acceptors (Lipinski definition) is 5. The van der Waals surface area contributed by atoms with Gasteiger partial charge in [-0.1, -0.05) is 6.07 Å². The van der Waals surface area contributed by atoms with Gasteiger partial charge in [0.15, 0.2) is 0 Å². The Bertz CT molecular complexity index is 1360. The summed E-state index contributed by atoms with van der Waals surface area (Å²) in [6.45, 7) is 1.10. The van der Waals surface area contributed by atoms with E-state index in [0.29, 0.717) is 25.2 Å². The molecule has 2 aliphatic rings. The maximum Gasteiger partial charge on any atom is 0.404 e. The molecule has 1 aromatic carbocycles. The zero-order chi connectivity index (χ0) is 26.1. The number of nitrogens with one attached hydrogen (secondary N) is 2. The van der Waals surface area contributed by atoms with Crippen LogP contribution < -0.4 is 15.5 Å². The van der Waals surface area contributed by atoms with Gasteiger partial charge < -0.3 is 20.6 Å². The van der Waals surface area contributed by atoms with E-state index in [-0.39, 0.29) is 11.7 Å². The summed E-state index contributed by atoms with van der Waals surface area (Å²) in [4.78, 5) is 34.9. The molecule has 192 valence electrons. The third kappa shape index (κ3) is 4.93. The standard InChI is InChI=1S/C26H24F3N5O3/c27-16-6-2-7-17(28)22(16)23-18(29)9-10-20(32-23)25(35)33-21-12-30-19-8-1-5-15(19)24(21)34-11-3-4-14(13-34)31-26(36)37/h2,6-7,9-10,12,14,31H,1,3-5,8,11,13H2,(H,33,35)(H,36,37)/t14-/m0/s1. The predicted octanol–water partition coefficient (Wildman–Crippen LogP) is 4.54. The minimum absolute atomic E-state index is 0.227. The number of aromatic nitrogens is 2. The fourth-order valence-corrected chi connectivity index (χ4v) is 5.07. The Morgan fingerprint density at radius 3 is 2.57 bits per heavy atom. The highest BCUT2D eigenvalue weighted by Crippen LogP contribution is 2.38. The molecule has 0 spiro atoms. The molecule has 1 aliphatic carbocycles. The molecule has 11 heteroatoms. The van der Waals surface area contributed by atoms with Gasteiger partial charge in [0.25, 0.3) is 5.91 Å². The van der Waals surface area contributed by atoms with Crippen molar-refractivity contribution in [1.29, 1.82) is 0 Å². The normalized spacial score (nSPS) is 16.8. The van der Waals surface area contributed by atoms with Crippen molar-refractivity contribution in [2.45, 2.75) is 38.1 Å². The van der Waals surface area contributed by atoms with E-state index in [0.717, 1.165) is 73.0 Å². The lowest BCUT2D eigenvalue weighted by molar-refractivity contribution is 0.102. The number of nitrogens with zero attached hydrogens (tertiary/aromatic N) is 3. The zero-order valence-corrected chi connectivity index (χ0v) is 19.7. The van der Waals surface area contributed by atoms with Crippen LogP contribution in [0.1, 0.15) is 41.0 Å². The summed E-state index contributed by atoms with van der Waals surface area (Å²) in [5, 5.41) is 14.5. The molecular formula is C26H24F3N5O3. The number of carboxylic acid groups (broad SMARTS) is 1. The number of hydrogen-bond donors (Lipinski definition) is 3. The monoisotopic (exact) mass is 511 g/mol. The summed E-state index contributed by atoms with van der Waals surface area (Å²) >= 11 is 0. The van der Waals surface area contributed by atoms with Gasteiger partial charge in [0.05, 0.1) is 23.1 Å². The van der Waals surface area contributed by atoms with Crippen LogP contribution in [0.25, 0.3) is 11.3 Å². The summed E-state index contributed by atoms with van der Waals surface area (Å²) in [5.41, 5.74) is 1.62. The van der Waals surface area contributed by atoms with Crippen LogP contribution in [0.15, 0.2) is 36.5 Å². The first-order valence-electron chi connectivity index (χ1n) is 12.0. The van der Waals surface area contributed by atoms with Crippen molar-refractivity contribution in [3.05, 3.63) is 70.9 Å². The van der Waals surface area contributed by atoms with Crippen molar-refractivity contribution in [2.24, 2.45) is 0 Å². The van der Waals surface area contributed by atoms with E-state index in [9.17, 15) is 22.8 Å². The van der Waals surface area contributed by atoms with Crippen molar-refractivity contribution in [1.82, 2.24) is 15.3 Å². The SMILES string of the molecule is O=C(O)N[C@H]1CCCN(c2c(NC(=O)c3ccc(F)c(-c4c(F)cccc4F)n3)cnc3c2CCC3)C1. The van der Waals surface area contributed by atoms with Crippen molar-refractivity contribution < 1.29 is 27.9 Å². The number of pyridine rings is 2. The second-order valence-corrected chi connectivity index (χ2v) is 9.11. The molecular weight excluding hydrogens is 487 g/mol. The number of fused-ring (bicyclic) bond motifs is 1. The summed E-state index contributed by atoms with van der Waals surface area (Å²) in [7, 11) is 0. The second kappa shape index (κ2) is 10.1. The van der Waals surface area contributed by atoms with E-state index in [1.165, 1.54) is 0 Å². The predicted molar refractivity (Wildman–Crippen MR) is 130 cm³/mol. The number of aryl methyl sites for hydroxylation is 1. The first-order valence-corrected chi connectivity index (χ1v) is 12.0. The molecule has 2 amide bonds. The maximum atomic E-state index is 14.5. The summed E-state index contributed by atoms with van der Waals surface area (Å²) in [5.74, 6) is -3.66. The van der Waals surface area contributed by atoms with Gasteiger partial charge in [-0.05, 0) is 61.9 Å². The third-order valence-corrected chi connectivity index (χ3v) is 6.67. The van der Waals surface area contributed by atoms with Gasteiger partial charge in [-0.15, -0.1) is 0 Å². The molecule has 0 bridgehead atoms. The minimum Gasteiger partial charge on any atom is -0.465 e. The van der Waals surface area contributed by atoms with Crippen molar-refractivity contribution in [3.63, 3.8) is 0 Å². The topological polar surface area (TPSA) is 107 Å². The largest absolute Gasteiger partial charge is 0.465 e. The van der Waals surface area contributed by atoms with Crippen molar-refractivity contribution >= 4 is 23.4 Å². The Hall–Kier alpha value is -4.15. The van der Waals surface area contributed by atoms with Crippen LogP contribution in [-0.4, -0.2) is 46.2 Å². The van der Waals surface area contributed by atoms with Crippen LogP contribution in [0.3, 0.4) is 0 Å². The number of piperidine rings is 1. The van der Waals surface area contributed by atoms with Crippen molar-refractivity contribution in [2.75, 3.05) is 23.3 Å². The first kappa shape index (κ1) is 24.5. The van der Waals surface area contributed by atoms with Crippen molar-refractivity contribution in [3.8, 4) is 11.3 Å². The maximum absolute atomic E-state index is 14.5. The quantitative estimate of drug-likeness (QED) is 0.464. The lowest BCUT2D eigenvalue weighted by Gasteiger charge is -2.36. The van der Waals surface area contributed by atoms with Crippen LogP contribution in [0.5, 0.6) is 0 Å². The van der Waals surface area contributed by atoms with E-state index in [1.807, 2.05) is 4.90 Å². The van der Waals surface area contributed by atoms with E-state index in [4.69, 9.17) is 5.11 Å². The molecule has 2 aromatic heterocycles. The number of carbonyl (C=O) groups is 2. The van der Waals surface area contributed by atoms with Gasteiger partial charge in [0.2, 0.25) is 0 Å². The fourth-order valence-electron chi connectivity index (χ4n) is 5.07. The van der Waals surface area contributed by atoms with Gasteiger partial charge in [-0.2, -0.15) is 0 Å². The highest BCUT2D eigenvalue weighted by Gasteiger charge is 2.29. The van der Waals surface area contributed by atoms with Crippen LogP contribution in [0.4, 0.5) is 29.3 Å². The molecule has 1 aliphatic heterocycles. The van der Waals surface area contributed by atoms with Gasteiger partial charge in [0.1, 0.15) is 28.8 Å². The Labute approximate surface area is 210 Å². The summed E-state index contributed by atoms with van der Waals surface area (Å²) in [6.07, 6.45) is 4.39. The molecule has 8 nitrogen and oxygen atoms in total. The highest BCUT2D eigenvalue weighted by atomic mass is 19.1. The molecule has 37 heavy (non-hydrogen) atoms. The minimum atomic E-state index is -1.09. The first-order chi connectivity index (χ1) is 17.8. The second-order valence-electron chi connectivity index (χ2n) is 9.11. The summed E-state index contributed by atoms with van der Waals surface area (Å²) < 4.78 is 43.1. The van der Waals surface area contributed by atoms with E-state index in [1.54, 1.807) is 6.20 Å². The smallest absolute Gasteiger partial charge is 0.404 e. The molecule has 0 saturated carbocycles. The van der Waals surface area contributed by atoms with Crippen LogP contribution in [-0.2, 0) is 12.8 Å². The Balaban J connectivity index is 1.48.